The van der Waals surface area contributed by atoms with Crippen LogP contribution in [0, 0.1) is 0 Å². The van der Waals surface area contributed by atoms with Gasteiger partial charge in [0.2, 0.25) is 0 Å². The summed E-state index contributed by atoms with van der Waals surface area (Å²) in [6.07, 6.45) is 2.40. The smallest absolute Gasteiger partial charge is 0.272 e. The Labute approximate surface area is 138 Å². The Morgan fingerprint density at radius 3 is 2.68 bits per heavy atom. The van der Waals surface area contributed by atoms with Crippen molar-refractivity contribution < 1.29 is 4.79 Å². The molecule has 7 heteroatoms. The molecule has 0 saturated carbocycles. The molecule has 0 unspecified atom stereocenters. The molecule has 3 rings (SSSR count). The van der Waals surface area contributed by atoms with Gasteiger partial charge in [0.25, 0.3) is 5.91 Å². The number of amides is 1. The van der Waals surface area contributed by atoms with Crippen LogP contribution in [0.15, 0.2) is 29.6 Å². The fraction of sp³-hybridized carbons (Fsp3) is 0.400. The van der Waals surface area contributed by atoms with E-state index in [0.717, 1.165) is 18.1 Å². The molecule has 1 aliphatic heterocycles. The van der Waals surface area contributed by atoms with Crippen LogP contribution in [0.3, 0.4) is 0 Å². The zero-order chi connectivity index (χ0) is 15.4. The summed E-state index contributed by atoms with van der Waals surface area (Å²) >= 11 is 7.15. The molecule has 0 aliphatic carbocycles. The van der Waals surface area contributed by atoms with Gasteiger partial charge in [0, 0.05) is 16.9 Å². The summed E-state index contributed by atoms with van der Waals surface area (Å²) in [5.74, 6) is -0.174. The maximum atomic E-state index is 12.1. The highest BCUT2D eigenvalue weighted by Crippen LogP contribution is 2.25. The largest absolute Gasteiger partial charge is 0.349 e. The molecule has 0 radical (unpaired) electrons. The Morgan fingerprint density at radius 1 is 1.32 bits per heavy atom. The van der Waals surface area contributed by atoms with E-state index in [4.69, 9.17) is 11.6 Å². The predicted octanol–water partition coefficient (Wildman–Crippen LogP) is 2.76. The third-order valence-electron chi connectivity index (χ3n) is 3.88. The molecule has 1 aromatic heterocycles. The van der Waals surface area contributed by atoms with Crippen LogP contribution >= 0.6 is 23.1 Å². The van der Waals surface area contributed by atoms with Gasteiger partial charge in [-0.3, -0.25) is 9.69 Å². The maximum absolute atomic E-state index is 12.1. The molecule has 1 N–H and O–H groups in total. The molecule has 22 heavy (non-hydrogen) atoms. The highest BCUT2D eigenvalue weighted by molar-refractivity contribution is 7.03. The van der Waals surface area contributed by atoms with Crippen molar-refractivity contribution in [3.8, 4) is 0 Å². The van der Waals surface area contributed by atoms with E-state index in [1.807, 2.05) is 24.3 Å². The molecule has 2 heterocycles. The summed E-state index contributed by atoms with van der Waals surface area (Å²) in [4.78, 5) is 14.5. The molecular weight excluding hydrogens is 320 g/mol. The second-order valence-electron chi connectivity index (χ2n) is 5.31. The standard InChI is InChI=1S/C15H17ClN4OS/c16-12-5-3-11(4-6-12)14(20-7-1-2-8-20)9-17-15(21)13-10-22-19-18-13/h3-6,10,14H,1-2,7-9H2,(H,17,21)/t14-/m1/s1. The number of benzene rings is 1. The molecule has 116 valence electrons. The van der Waals surface area contributed by atoms with Crippen LogP contribution in [-0.2, 0) is 0 Å². The number of carbonyl (C=O) groups is 1. The quantitative estimate of drug-likeness (QED) is 0.912. The van der Waals surface area contributed by atoms with Gasteiger partial charge in [0.15, 0.2) is 5.69 Å². The fourth-order valence-corrected chi connectivity index (χ4v) is 3.30. The van der Waals surface area contributed by atoms with Gasteiger partial charge >= 0.3 is 0 Å². The summed E-state index contributed by atoms with van der Waals surface area (Å²) < 4.78 is 3.72. The highest BCUT2D eigenvalue weighted by atomic mass is 35.5. The van der Waals surface area contributed by atoms with Crippen molar-refractivity contribution in [1.82, 2.24) is 19.8 Å². The average Bonchev–Trinajstić information content (AvgIpc) is 3.22. The minimum absolute atomic E-state index is 0.162. The first kappa shape index (κ1) is 15.4. The topological polar surface area (TPSA) is 58.1 Å². The van der Waals surface area contributed by atoms with Gasteiger partial charge < -0.3 is 5.32 Å². The zero-order valence-corrected chi connectivity index (χ0v) is 13.6. The van der Waals surface area contributed by atoms with Crippen LogP contribution < -0.4 is 5.32 Å². The Kier molecular flexibility index (Phi) is 5.02. The number of hydrogen-bond donors (Lipinski definition) is 1. The van der Waals surface area contributed by atoms with Crippen molar-refractivity contribution in [3.63, 3.8) is 0 Å². The van der Waals surface area contributed by atoms with Crippen molar-refractivity contribution in [2.24, 2.45) is 0 Å². The number of likely N-dealkylation sites (tertiary alicyclic amines) is 1. The van der Waals surface area contributed by atoms with E-state index in [9.17, 15) is 4.79 Å². The Balaban J connectivity index is 1.71. The number of halogens is 1. The highest BCUT2D eigenvalue weighted by Gasteiger charge is 2.24. The van der Waals surface area contributed by atoms with Crippen LogP contribution in [0.2, 0.25) is 5.02 Å². The first-order chi connectivity index (χ1) is 10.7. The third-order valence-corrected chi connectivity index (χ3v) is 4.64. The van der Waals surface area contributed by atoms with Crippen molar-refractivity contribution in [1.29, 1.82) is 0 Å². The van der Waals surface area contributed by atoms with E-state index < -0.39 is 0 Å². The van der Waals surface area contributed by atoms with Gasteiger partial charge in [-0.25, -0.2) is 0 Å². The lowest BCUT2D eigenvalue weighted by atomic mass is 10.1. The van der Waals surface area contributed by atoms with Crippen LogP contribution in [0.4, 0.5) is 0 Å². The molecule has 0 bridgehead atoms. The average molecular weight is 337 g/mol. The number of nitrogens with zero attached hydrogens (tertiary/aromatic N) is 3. The van der Waals surface area contributed by atoms with E-state index in [-0.39, 0.29) is 11.9 Å². The molecule has 1 amide bonds. The van der Waals surface area contributed by atoms with Crippen LogP contribution in [0.25, 0.3) is 0 Å². The maximum Gasteiger partial charge on any atom is 0.272 e. The van der Waals surface area contributed by atoms with Crippen molar-refractivity contribution in [3.05, 3.63) is 45.9 Å². The molecular formula is C15H17ClN4OS. The first-order valence-electron chi connectivity index (χ1n) is 7.29. The normalized spacial score (nSPS) is 16.6. The predicted molar refractivity (Wildman–Crippen MR) is 87.2 cm³/mol. The Morgan fingerprint density at radius 2 is 2.05 bits per heavy atom. The van der Waals surface area contributed by atoms with Gasteiger partial charge in [-0.1, -0.05) is 28.2 Å². The van der Waals surface area contributed by atoms with E-state index >= 15 is 0 Å². The monoisotopic (exact) mass is 336 g/mol. The van der Waals surface area contributed by atoms with Crippen molar-refractivity contribution in [2.75, 3.05) is 19.6 Å². The Hall–Kier alpha value is -1.50. The summed E-state index contributed by atoms with van der Waals surface area (Å²) in [5.41, 5.74) is 1.55. The summed E-state index contributed by atoms with van der Waals surface area (Å²) in [6.45, 7) is 2.67. The minimum atomic E-state index is -0.174. The van der Waals surface area contributed by atoms with Crippen molar-refractivity contribution in [2.45, 2.75) is 18.9 Å². The second kappa shape index (κ2) is 7.17. The first-order valence-corrected chi connectivity index (χ1v) is 8.50. The summed E-state index contributed by atoms with van der Waals surface area (Å²) in [6, 6.07) is 8.01. The number of aromatic nitrogens is 2. The molecule has 5 nitrogen and oxygen atoms in total. The van der Waals surface area contributed by atoms with E-state index in [2.05, 4.69) is 19.8 Å². The number of rotatable bonds is 5. The molecule has 0 spiro atoms. The van der Waals surface area contributed by atoms with Gasteiger partial charge in [-0.2, -0.15) is 0 Å². The van der Waals surface area contributed by atoms with E-state index in [1.54, 1.807) is 5.38 Å². The lowest BCUT2D eigenvalue weighted by Gasteiger charge is -2.28. The Bertz CT molecular complexity index is 611. The molecule has 1 atom stereocenters. The van der Waals surface area contributed by atoms with E-state index in [1.165, 1.54) is 29.9 Å². The van der Waals surface area contributed by atoms with Crippen LogP contribution in [0.1, 0.15) is 34.9 Å². The van der Waals surface area contributed by atoms with E-state index in [0.29, 0.717) is 12.2 Å². The van der Waals surface area contributed by atoms with Crippen LogP contribution in [0.5, 0.6) is 0 Å². The number of nitrogens with one attached hydrogen (secondary N) is 1. The lowest BCUT2D eigenvalue weighted by molar-refractivity contribution is 0.0933. The molecule has 2 aromatic rings. The SMILES string of the molecule is O=C(NC[C@H](c1ccc(Cl)cc1)N1CCCC1)c1csnn1. The van der Waals surface area contributed by atoms with Gasteiger partial charge in [-0.15, -0.1) is 5.10 Å². The van der Waals surface area contributed by atoms with Gasteiger partial charge in [0.05, 0.1) is 6.04 Å². The molecule has 1 aliphatic rings. The third kappa shape index (κ3) is 3.63. The van der Waals surface area contributed by atoms with Crippen LogP contribution in [-0.4, -0.2) is 40.0 Å². The molecule has 1 fully saturated rings. The van der Waals surface area contributed by atoms with Gasteiger partial charge in [0.1, 0.15) is 0 Å². The van der Waals surface area contributed by atoms with Crippen molar-refractivity contribution >= 4 is 29.0 Å². The summed E-state index contributed by atoms with van der Waals surface area (Å²) in [5, 5.41) is 9.15. The molecule has 1 aromatic carbocycles. The molecule has 1 saturated heterocycles. The fourth-order valence-electron chi connectivity index (χ4n) is 2.74. The second-order valence-corrected chi connectivity index (χ2v) is 6.36. The zero-order valence-electron chi connectivity index (χ0n) is 12.0. The lowest BCUT2D eigenvalue weighted by Crippen LogP contribution is -2.36. The van der Waals surface area contributed by atoms with Gasteiger partial charge in [-0.05, 0) is 55.2 Å². The number of hydrogen-bond acceptors (Lipinski definition) is 5. The number of carbonyl (C=O) groups excluding carboxylic acids is 1. The minimum Gasteiger partial charge on any atom is -0.349 e. The summed E-state index contributed by atoms with van der Waals surface area (Å²) in [7, 11) is 0.